The zero-order chi connectivity index (χ0) is 17.7. The molecule has 2 aromatic rings. The Morgan fingerprint density at radius 2 is 1.92 bits per heavy atom. The summed E-state index contributed by atoms with van der Waals surface area (Å²) in [5, 5.41) is 2.17. The van der Waals surface area contributed by atoms with E-state index in [4.69, 9.17) is 0 Å². The van der Waals surface area contributed by atoms with Crippen LogP contribution in [0.4, 0.5) is 14.5 Å². The molecule has 0 atom stereocenters. The molecule has 0 spiro atoms. The van der Waals surface area contributed by atoms with E-state index in [1.165, 1.54) is 38.4 Å². The van der Waals surface area contributed by atoms with E-state index in [1.54, 1.807) is 18.2 Å². The number of benzene rings is 1. The summed E-state index contributed by atoms with van der Waals surface area (Å²) in [6.45, 7) is 1.45. The van der Waals surface area contributed by atoms with Crippen LogP contribution in [0.15, 0.2) is 42.6 Å². The second kappa shape index (κ2) is 7.16. The van der Waals surface area contributed by atoms with Crippen molar-refractivity contribution in [2.45, 2.75) is 19.3 Å². The first kappa shape index (κ1) is 17.5. The average molecular weight is 334 g/mol. The molecule has 126 valence electrons. The summed E-state index contributed by atoms with van der Waals surface area (Å²) in [5.41, 5.74) is 0.112. The van der Waals surface area contributed by atoms with Crippen LogP contribution in [-0.4, -0.2) is 24.0 Å². The van der Waals surface area contributed by atoms with Crippen molar-refractivity contribution >= 4 is 17.6 Å². The zero-order valence-electron chi connectivity index (χ0n) is 13.2. The van der Waals surface area contributed by atoms with Crippen molar-refractivity contribution in [3.05, 3.63) is 59.4 Å². The summed E-state index contributed by atoms with van der Waals surface area (Å²) in [5.74, 6) is -5.85. The van der Waals surface area contributed by atoms with Crippen LogP contribution < -0.4 is 5.32 Å². The number of nitrogens with one attached hydrogen (secondary N) is 1. The third-order valence-electron chi connectivity index (χ3n) is 3.42. The van der Waals surface area contributed by atoms with Gasteiger partial charge in [0.05, 0.1) is 13.5 Å². The molecule has 1 aromatic carbocycles. The van der Waals surface area contributed by atoms with Crippen LogP contribution in [-0.2, 0) is 26.7 Å². The lowest BCUT2D eigenvalue weighted by Gasteiger charge is -2.18. The SMILES string of the molecule is COC(=O)Cc1ccccc1NC(=O)C(F)(F)c1ncccc1C. The lowest BCUT2D eigenvalue weighted by atomic mass is 10.1. The maximum atomic E-state index is 14.4. The van der Waals surface area contributed by atoms with Crippen LogP contribution in [0, 0.1) is 6.92 Å². The van der Waals surface area contributed by atoms with Gasteiger partial charge in [-0.05, 0) is 30.2 Å². The Bertz CT molecular complexity index is 763. The highest BCUT2D eigenvalue weighted by Crippen LogP contribution is 2.30. The molecule has 1 heterocycles. The number of methoxy groups -OCH3 is 1. The third kappa shape index (κ3) is 3.73. The fourth-order valence-corrected chi connectivity index (χ4v) is 2.15. The van der Waals surface area contributed by atoms with Crippen molar-refractivity contribution in [1.82, 2.24) is 4.98 Å². The van der Waals surface area contributed by atoms with Gasteiger partial charge in [-0.15, -0.1) is 0 Å². The summed E-state index contributed by atoms with van der Waals surface area (Å²) in [6, 6.07) is 9.16. The average Bonchev–Trinajstić information content (AvgIpc) is 2.56. The van der Waals surface area contributed by atoms with E-state index in [2.05, 4.69) is 15.0 Å². The minimum absolute atomic E-state index is 0.126. The molecule has 0 aliphatic carbocycles. The van der Waals surface area contributed by atoms with E-state index in [-0.39, 0.29) is 17.7 Å². The summed E-state index contributed by atoms with van der Waals surface area (Å²) in [7, 11) is 1.22. The second-order valence-corrected chi connectivity index (χ2v) is 5.11. The summed E-state index contributed by atoms with van der Waals surface area (Å²) < 4.78 is 33.3. The Kier molecular flexibility index (Phi) is 5.23. The Morgan fingerprint density at radius 3 is 2.58 bits per heavy atom. The number of hydrogen-bond acceptors (Lipinski definition) is 4. The fraction of sp³-hybridized carbons (Fsp3) is 0.235. The molecule has 0 fully saturated rings. The van der Waals surface area contributed by atoms with E-state index in [0.717, 1.165) is 0 Å². The van der Waals surface area contributed by atoms with Gasteiger partial charge in [0.2, 0.25) is 0 Å². The molecule has 0 aliphatic heterocycles. The van der Waals surface area contributed by atoms with E-state index < -0.39 is 23.5 Å². The summed E-state index contributed by atoms with van der Waals surface area (Å²) in [4.78, 5) is 27.1. The smallest absolute Gasteiger partial charge is 0.366 e. The van der Waals surface area contributed by atoms with Crippen molar-refractivity contribution < 1.29 is 23.1 Å². The number of hydrogen-bond donors (Lipinski definition) is 1. The number of para-hydroxylation sites is 1. The van der Waals surface area contributed by atoms with Crippen molar-refractivity contribution in [2.24, 2.45) is 0 Å². The van der Waals surface area contributed by atoms with Crippen LogP contribution in [0.3, 0.4) is 0 Å². The monoisotopic (exact) mass is 334 g/mol. The number of alkyl halides is 2. The lowest BCUT2D eigenvalue weighted by Crippen LogP contribution is -2.34. The second-order valence-electron chi connectivity index (χ2n) is 5.11. The number of carbonyl (C=O) groups excluding carboxylic acids is 2. The number of amides is 1. The van der Waals surface area contributed by atoms with Crippen LogP contribution in [0.1, 0.15) is 16.8 Å². The van der Waals surface area contributed by atoms with Crippen molar-refractivity contribution in [3.63, 3.8) is 0 Å². The predicted octanol–water partition coefficient (Wildman–Crippen LogP) is 2.84. The van der Waals surface area contributed by atoms with Gasteiger partial charge in [-0.1, -0.05) is 24.3 Å². The number of carbonyl (C=O) groups is 2. The molecule has 0 radical (unpaired) electrons. The number of aromatic nitrogens is 1. The van der Waals surface area contributed by atoms with Crippen LogP contribution >= 0.6 is 0 Å². The third-order valence-corrected chi connectivity index (χ3v) is 3.42. The minimum atomic E-state index is -3.80. The first-order valence-corrected chi connectivity index (χ1v) is 7.12. The summed E-state index contributed by atoms with van der Waals surface area (Å²) in [6.07, 6.45) is 1.07. The topological polar surface area (TPSA) is 68.3 Å². The van der Waals surface area contributed by atoms with Crippen LogP contribution in [0.2, 0.25) is 0 Å². The Morgan fingerprint density at radius 1 is 1.21 bits per heavy atom. The van der Waals surface area contributed by atoms with Gasteiger partial charge < -0.3 is 10.1 Å². The first-order chi connectivity index (χ1) is 11.4. The molecule has 7 heteroatoms. The molecule has 24 heavy (non-hydrogen) atoms. The molecule has 0 saturated heterocycles. The normalized spacial score (nSPS) is 11.0. The highest BCUT2D eigenvalue weighted by atomic mass is 19.3. The van der Waals surface area contributed by atoms with Crippen molar-refractivity contribution in [2.75, 3.05) is 12.4 Å². The van der Waals surface area contributed by atoms with Gasteiger partial charge in [-0.25, -0.2) is 0 Å². The molecular weight excluding hydrogens is 318 g/mol. The molecule has 5 nitrogen and oxygen atoms in total. The molecule has 1 aromatic heterocycles. The molecule has 2 rings (SSSR count). The van der Waals surface area contributed by atoms with Gasteiger partial charge in [0, 0.05) is 11.9 Å². The van der Waals surface area contributed by atoms with E-state index in [0.29, 0.717) is 5.56 Å². The quantitative estimate of drug-likeness (QED) is 0.854. The molecule has 0 bridgehead atoms. The molecule has 0 saturated carbocycles. The van der Waals surface area contributed by atoms with E-state index in [9.17, 15) is 18.4 Å². The van der Waals surface area contributed by atoms with E-state index >= 15 is 0 Å². The predicted molar refractivity (Wildman–Crippen MR) is 83.7 cm³/mol. The van der Waals surface area contributed by atoms with E-state index in [1.807, 2.05) is 0 Å². The molecule has 0 unspecified atom stereocenters. The van der Waals surface area contributed by atoms with Crippen LogP contribution in [0.25, 0.3) is 0 Å². The minimum Gasteiger partial charge on any atom is -0.469 e. The highest BCUT2D eigenvalue weighted by molar-refractivity contribution is 5.97. The van der Waals surface area contributed by atoms with Crippen molar-refractivity contribution in [1.29, 1.82) is 0 Å². The number of ether oxygens (including phenoxy) is 1. The standard InChI is InChI=1S/C17H16F2N2O3/c1-11-6-5-9-20-15(11)17(18,19)16(23)21-13-8-4-3-7-12(13)10-14(22)24-2/h3-9H,10H2,1-2H3,(H,21,23). The lowest BCUT2D eigenvalue weighted by molar-refractivity contribution is -0.141. The maximum absolute atomic E-state index is 14.4. The van der Waals surface area contributed by atoms with Crippen molar-refractivity contribution in [3.8, 4) is 0 Å². The number of esters is 1. The van der Waals surface area contributed by atoms with Gasteiger partial charge in [-0.3, -0.25) is 14.6 Å². The zero-order valence-corrected chi connectivity index (χ0v) is 13.2. The molecule has 1 N–H and O–H groups in total. The van der Waals surface area contributed by atoms with Gasteiger partial charge >= 0.3 is 17.8 Å². The number of aryl methyl sites for hydroxylation is 1. The van der Waals surface area contributed by atoms with Gasteiger partial charge in [0.15, 0.2) is 0 Å². The first-order valence-electron chi connectivity index (χ1n) is 7.12. The number of pyridine rings is 1. The molecule has 0 aliphatic rings. The largest absolute Gasteiger partial charge is 0.469 e. The highest BCUT2D eigenvalue weighted by Gasteiger charge is 2.43. The van der Waals surface area contributed by atoms with Gasteiger partial charge in [-0.2, -0.15) is 8.78 Å². The summed E-state index contributed by atoms with van der Waals surface area (Å²) >= 11 is 0. The molecular formula is C17H16F2N2O3. The Balaban J connectivity index is 2.27. The Labute approximate surface area is 137 Å². The van der Waals surface area contributed by atoms with Gasteiger partial charge in [0.1, 0.15) is 5.69 Å². The Hall–Kier alpha value is -2.83. The van der Waals surface area contributed by atoms with Crippen LogP contribution in [0.5, 0.6) is 0 Å². The maximum Gasteiger partial charge on any atom is 0.366 e. The number of nitrogens with zero attached hydrogens (tertiary/aromatic N) is 1. The number of rotatable bonds is 5. The number of anilines is 1. The molecule has 1 amide bonds. The van der Waals surface area contributed by atoms with Gasteiger partial charge in [0.25, 0.3) is 0 Å². The fourth-order valence-electron chi connectivity index (χ4n) is 2.15. The number of halogens is 2.